The number of thiophene rings is 1. The highest BCUT2D eigenvalue weighted by molar-refractivity contribution is 9.10. The highest BCUT2D eigenvalue weighted by Gasteiger charge is 2.11. The number of hydrogen-bond donors (Lipinski definition) is 3. The van der Waals surface area contributed by atoms with E-state index in [4.69, 9.17) is 11.5 Å². The Morgan fingerprint density at radius 2 is 2.16 bits per heavy atom. The number of amides is 1. The molecule has 0 spiro atoms. The minimum atomic E-state index is -0.681. The van der Waals surface area contributed by atoms with E-state index in [0.717, 1.165) is 15.4 Å². The molecule has 1 aromatic heterocycles. The van der Waals surface area contributed by atoms with E-state index >= 15 is 0 Å². The summed E-state index contributed by atoms with van der Waals surface area (Å²) in [5.74, 6) is -1.20. The van der Waals surface area contributed by atoms with E-state index in [1.807, 2.05) is 11.4 Å². The van der Waals surface area contributed by atoms with Gasteiger partial charge in [-0.05, 0) is 34.1 Å². The van der Waals surface area contributed by atoms with Gasteiger partial charge in [0, 0.05) is 27.0 Å². The summed E-state index contributed by atoms with van der Waals surface area (Å²) >= 11 is 4.88. The zero-order valence-corrected chi connectivity index (χ0v) is 12.1. The summed E-state index contributed by atoms with van der Waals surface area (Å²) in [6, 6.07) is 4.35. The largest absolute Gasteiger partial charge is 0.398 e. The first-order valence-electron chi connectivity index (χ1n) is 5.33. The Morgan fingerprint density at radius 3 is 2.74 bits per heavy atom. The van der Waals surface area contributed by atoms with Gasteiger partial charge >= 0.3 is 0 Å². The fourth-order valence-electron chi connectivity index (χ4n) is 1.57. The van der Waals surface area contributed by atoms with Crippen molar-refractivity contribution in [3.05, 3.63) is 44.3 Å². The van der Waals surface area contributed by atoms with E-state index in [1.165, 1.54) is 6.07 Å². The number of rotatable bonds is 4. The van der Waals surface area contributed by atoms with E-state index in [9.17, 15) is 9.18 Å². The smallest absolute Gasteiger partial charge is 0.250 e. The predicted molar refractivity (Wildman–Crippen MR) is 78.7 cm³/mol. The molecule has 0 saturated carbocycles. The van der Waals surface area contributed by atoms with Gasteiger partial charge < -0.3 is 16.8 Å². The van der Waals surface area contributed by atoms with Crippen LogP contribution in [0.2, 0.25) is 0 Å². The van der Waals surface area contributed by atoms with Crippen LogP contribution in [-0.4, -0.2) is 5.91 Å². The molecular formula is C12H11BrFN3OS. The summed E-state index contributed by atoms with van der Waals surface area (Å²) in [7, 11) is 0. The molecule has 0 atom stereocenters. The lowest BCUT2D eigenvalue weighted by Crippen LogP contribution is -2.14. The number of halogens is 2. The first kappa shape index (κ1) is 13.8. The van der Waals surface area contributed by atoms with Crippen LogP contribution >= 0.6 is 27.3 Å². The van der Waals surface area contributed by atoms with Crippen molar-refractivity contribution in [1.29, 1.82) is 0 Å². The third-order valence-electron chi connectivity index (χ3n) is 2.48. The van der Waals surface area contributed by atoms with Crippen LogP contribution in [-0.2, 0) is 6.54 Å². The van der Waals surface area contributed by atoms with Crippen molar-refractivity contribution < 1.29 is 9.18 Å². The summed E-state index contributed by atoms with van der Waals surface area (Å²) < 4.78 is 14.7. The zero-order valence-electron chi connectivity index (χ0n) is 9.74. The van der Waals surface area contributed by atoms with Crippen molar-refractivity contribution in [1.82, 2.24) is 0 Å². The van der Waals surface area contributed by atoms with Crippen molar-refractivity contribution >= 4 is 44.5 Å². The molecule has 0 radical (unpaired) electrons. The van der Waals surface area contributed by atoms with Crippen LogP contribution in [0.3, 0.4) is 0 Å². The summed E-state index contributed by atoms with van der Waals surface area (Å²) in [5, 5.41) is 4.85. The monoisotopic (exact) mass is 343 g/mol. The number of nitrogens with one attached hydrogen (secondary N) is 1. The third kappa shape index (κ3) is 3.24. The van der Waals surface area contributed by atoms with Crippen molar-refractivity contribution in [3.63, 3.8) is 0 Å². The van der Waals surface area contributed by atoms with Crippen molar-refractivity contribution in [2.75, 3.05) is 11.1 Å². The highest BCUT2D eigenvalue weighted by Crippen LogP contribution is 2.24. The molecule has 100 valence electrons. The summed E-state index contributed by atoms with van der Waals surface area (Å²) in [5.41, 5.74) is 11.0. The molecule has 19 heavy (non-hydrogen) atoms. The maximum Gasteiger partial charge on any atom is 0.250 e. The molecule has 0 fully saturated rings. The Morgan fingerprint density at radius 1 is 1.42 bits per heavy atom. The number of anilines is 2. The van der Waals surface area contributed by atoms with Crippen LogP contribution in [0.15, 0.2) is 28.1 Å². The van der Waals surface area contributed by atoms with Crippen LogP contribution in [0.4, 0.5) is 15.8 Å². The molecule has 2 rings (SSSR count). The number of carbonyl (C=O) groups excluding carboxylic acids is 1. The van der Waals surface area contributed by atoms with Gasteiger partial charge in [0.2, 0.25) is 0 Å². The van der Waals surface area contributed by atoms with Crippen molar-refractivity contribution in [2.45, 2.75) is 6.54 Å². The van der Waals surface area contributed by atoms with E-state index in [-0.39, 0.29) is 16.9 Å². The molecule has 1 aromatic carbocycles. The van der Waals surface area contributed by atoms with E-state index < -0.39 is 11.7 Å². The SMILES string of the molecule is NC(=O)c1cc(NCc2cc(Br)cs2)c(F)cc1N. The molecule has 0 aliphatic carbocycles. The van der Waals surface area contributed by atoms with Crippen LogP contribution in [0, 0.1) is 5.82 Å². The Bertz CT molecular complexity index is 629. The molecular weight excluding hydrogens is 333 g/mol. The molecule has 7 heteroatoms. The number of nitrogen functional groups attached to an aromatic ring is 1. The van der Waals surface area contributed by atoms with Crippen LogP contribution in [0.5, 0.6) is 0 Å². The van der Waals surface area contributed by atoms with Gasteiger partial charge in [-0.25, -0.2) is 4.39 Å². The minimum Gasteiger partial charge on any atom is -0.398 e. The van der Waals surface area contributed by atoms with Gasteiger partial charge in [0.25, 0.3) is 5.91 Å². The topological polar surface area (TPSA) is 81.1 Å². The molecule has 2 aromatic rings. The second kappa shape index (κ2) is 5.58. The molecule has 5 N–H and O–H groups in total. The van der Waals surface area contributed by atoms with Gasteiger partial charge in [0.1, 0.15) is 5.82 Å². The standard InChI is InChI=1S/C12H11BrFN3OS/c13-6-1-7(19-5-6)4-17-11-2-8(12(16)18)10(15)3-9(11)14/h1-3,5,17H,4,15H2,(H2,16,18). The summed E-state index contributed by atoms with van der Waals surface area (Å²) in [6.45, 7) is 0.454. The molecule has 0 aliphatic heterocycles. The van der Waals surface area contributed by atoms with Gasteiger partial charge in [0.05, 0.1) is 11.3 Å². The van der Waals surface area contributed by atoms with Gasteiger partial charge in [-0.1, -0.05) is 0 Å². The first-order chi connectivity index (χ1) is 8.97. The van der Waals surface area contributed by atoms with Gasteiger partial charge in [-0.2, -0.15) is 0 Å². The van der Waals surface area contributed by atoms with Crippen molar-refractivity contribution in [2.24, 2.45) is 5.73 Å². The lowest BCUT2D eigenvalue weighted by Gasteiger charge is -2.09. The van der Waals surface area contributed by atoms with Crippen LogP contribution in [0.25, 0.3) is 0 Å². The Hall–Kier alpha value is -1.60. The molecule has 0 unspecified atom stereocenters. The fraction of sp³-hybridized carbons (Fsp3) is 0.0833. The second-order valence-electron chi connectivity index (χ2n) is 3.87. The van der Waals surface area contributed by atoms with E-state index in [1.54, 1.807) is 11.3 Å². The highest BCUT2D eigenvalue weighted by atomic mass is 79.9. The third-order valence-corrected chi connectivity index (χ3v) is 4.18. The molecule has 1 amide bonds. The first-order valence-corrected chi connectivity index (χ1v) is 7.00. The molecule has 4 nitrogen and oxygen atoms in total. The van der Waals surface area contributed by atoms with Gasteiger partial charge in [-0.15, -0.1) is 11.3 Å². The Balaban J connectivity index is 2.20. The molecule has 0 saturated heterocycles. The summed E-state index contributed by atoms with van der Waals surface area (Å²) in [6.07, 6.45) is 0. The number of hydrogen-bond acceptors (Lipinski definition) is 4. The lowest BCUT2D eigenvalue weighted by atomic mass is 10.1. The fourth-order valence-corrected chi connectivity index (χ4v) is 2.96. The molecule has 0 aliphatic rings. The maximum absolute atomic E-state index is 13.7. The lowest BCUT2D eigenvalue weighted by molar-refractivity contribution is 0.100. The van der Waals surface area contributed by atoms with Crippen LogP contribution < -0.4 is 16.8 Å². The van der Waals surface area contributed by atoms with E-state index in [2.05, 4.69) is 21.2 Å². The van der Waals surface area contributed by atoms with Gasteiger partial charge in [-0.3, -0.25) is 4.79 Å². The quantitative estimate of drug-likeness (QED) is 0.746. The van der Waals surface area contributed by atoms with Gasteiger partial charge in [0.15, 0.2) is 0 Å². The number of nitrogens with two attached hydrogens (primary N) is 2. The van der Waals surface area contributed by atoms with Crippen molar-refractivity contribution in [3.8, 4) is 0 Å². The Kier molecular flexibility index (Phi) is 4.06. The normalized spacial score (nSPS) is 10.4. The second-order valence-corrected chi connectivity index (χ2v) is 5.78. The Labute approximate surface area is 121 Å². The number of carbonyl (C=O) groups is 1. The summed E-state index contributed by atoms with van der Waals surface area (Å²) in [4.78, 5) is 12.2. The predicted octanol–water partition coefficient (Wildman–Crippen LogP) is 2.94. The average molecular weight is 344 g/mol. The number of benzene rings is 1. The van der Waals surface area contributed by atoms with E-state index in [0.29, 0.717) is 6.54 Å². The zero-order chi connectivity index (χ0) is 14.0. The molecule has 0 bridgehead atoms. The molecule has 1 heterocycles. The average Bonchev–Trinajstić information content (AvgIpc) is 2.73. The minimum absolute atomic E-state index is 0.0365. The van der Waals surface area contributed by atoms with Crippen LogP contribution in [0.1, 0.15) is 15.2 Å². The maximum atomic E-state index is 13.7. The number of primary amides is 1.